The summed E-state index contributed by atoms with van der Waals surface area (Å²) in [5.74, 6) is 6.33. The number of amides is 1. The molecule has 0 radical (unpaired) electrons. The van der Waals surface area contributed by atoms with Crippen LogP contribution in [0.15, 0.2) is 30.3 Å². The first-order valence-electron chi connectivity index (χ1n) is 6.23. The molecule has 1 amide bonds. The molecule has 1 aromatic carbocycles. The Balaban J connectivity index is 2.72. The Morgan fingerprint density at radius 2 is 1.89 bits per heavy atom. The van der Waals surface area contributed by atoms with Crippen LogP contribution >= 0.6 is 11.8 Å². The molecule has 0 heterocycles. The number of carbonyl (C=O) groups excluding carboxylic acids is 1. The van der Waals surface area contributed by atoms with Crippen LogP contribution in [0.4, 0.5) is 0 Å². The lowest BCUT2D eigenvalue weighted by Gasteiger charge is -2.20. The highest BCUT2D eigenvalue weighted by Crippen LogP contribution is 2.26. The van der Waals surface area contributed by atoms with Gasteiger partial charge in [0.05, 0.1) is 5.92 Å². The maximum absolute atomic E-state index is 11.8. The highest BCUT2D eigenvalue weighted by Gasteiger charge is 2.21. The lowest BCUT2D eigenvalue weighted by atomic mass is 10.0. The number of carbonyl (C=O) groups is 1. The molecular formula is C14H22N2OS. The second kappa shape index (κ2) is 7.44. The Bertz CT molecular complexity index is 367. The molecule has 0 saturated heterocycles. The van der Waals surface area contributed by atoms with E-state index in [1.807, 2.05) is 42.1 Å². The summed E-state index contributed by atoms with van der Waals surface area (Å²) in [6, 6.07) is 9.79. The van der Waals surface area contributed by atoms with Crippen molar-refractivity contribution in [3.8, 4) is 0 Å². The molecule has 100 valence electrons. The van der Waals surface area contributed by atoms with Crippen molar-refractivity contribution >= 4 is 17.7 Å². The second-order valence-electron chi connectivity index (χ2n) is 4.75. The summed E-state index contributed by atoms with van der Waals surface area (Å²) < 4.78 is 0. The Kier molecular flexibility index (Phi) is 6.22. The largest absolute Gasteiger partial charge is 0.294 e. The topological polar surface area (TPSA) is 55.1 Å². The van der Waals surface area contributed by atoms with Crippen LogP contribution in [0, 0.1) is 5.92 Å². The van der Waals surface area contributed by atoms with Gasteiger partial charge in [0.1, 0.15) is 0 Å². The molecule has 18 heavy (non-hydrogen) atoms. The average molecular weight is 266 g/mol. The van der Waals surface area contributed by atoms with Crippen LogP contribution in [0.2, 0.25) is 0 Å². The third-order valence-corrected chi connectivity index (χ3v) is 4.72. The van der Waals surface area contributed by atoms with Crippen molar-refractivity contribution in [1.29, 1.82) is 0 Å². The van der Waals surface area contributed by atoms with Gasteiger partial charge in [-0.1, -0.05) is 51.1 Å². The van der Waals surface area contributed by atoms with Crippen LogP contribution in [0.1, 0.15) is 32.3 Å². The predicted octanol–water partition coefficient (Wildman–Crippen LogP) is 2.54. The predicted molar refractivity (Wildman–Crippen MR) is 78.3 cm³/mol. The molecule has 0 aliphatic carbocycles. The van der Waals surface area contributed by atoms with Gasteiger partial charge in [-0.15, -0.1) is 0 Å². The van der Waals surface area contributed by atoms with E-state index in [1.54, 1.807) is 0 Å². The van der Waals surface area contributed by atoms with Crippen molar-refractivity contribution < 1.29 is 4.79 Å². The van der Waals surface area contributed by atoms with Crippen molar-refractivity contribution in [3.63, 3.8) is 0 Å². The van der Waals surface area contributed by atoms with Crippen LogP contribution < -0.4 is 11.3 Å². The zero-order valence-corrected chi connectivity index (χ0v) is 12.0. The van der Waals surface area contributed by atoms with E-state index in [1.165, 1.54) is 0 Å². The molecule has 0 saturated carbocycles. The average Bonchev–Trinajstić information content (AvgIpc) is 2.39. The molecule has 2 unspecified atom stereocenters. The maximum Gasteiger partial charge on any atom is 0.242 e. The van der Waals surface area contributed by atoms with Crippen LogP contribution in [-0.4, -0.2) is 16.9 Å². The third kappa shape index (κ3) is 4.35. The van der Waals surface area contributed by atoms with E-state index >= 15 is 0 Å². The van der Waals surface area contributed by atoms with Gasteiger partial charge < -0.3 is 0 Å². The summed E-state index contributed by atoms with van der Waals surface area (Å²) in [4.78, 5) is 11.8. The van der Waals surface area contributed by atoms with Gasteiger partial charge in [-0.3, -0.25) is 10.2 Å². The van der Waals surface area contributed by atoms with E-state index in [0.717, 1.165) is 11.3 Å². The lowest BCUT2D eigenvalue weighted by molar-refractivity contribution is -0.122. The van der Waals surface area contributed by atoms with Crippen molar-refractivity contribution in [3.05, 3.63) is 35.9 Å². The Hall–Kier alpha value is -1.00. The van der Waals surface area contributed by atoms with E-state index in [-0.39, 0.29) is 11.8 Å². The highest BCUT2D eigenvalue weighted by atomic mass is 32.2. The first kappa shape index (κ1) is 15.1. The zero-order chi connectivity index (χ0) is 13.5. The number of hydrogen-bond donors (Lipinski definition) is 2. The third-order valence-electron chi connectivity index (χ3n) is 3.13. The molecule has 0 spiro atoms. The monoisotopic (exact) mass is 266 g/mol. The minimum atomic E-state index is -0.178. The Morgan fingerprint density at radius 1 is 1.28 bits per heavy atom. The van der Waals surface area contributed by atoms with Crippen LogP contribution in [0.5, 0.6) is 0 Å². The Morgan fingerprint density at radius 3 is 2.39 bits per heavy atom. The molecule has 3 N–H and O–H groups in total. The number of hydrazine groups is 1. The van der Waals surface area contributed by atoms with Crippen molar-refractivity contribution in [1.82, 2.24) is 5.43 Å². The molecule has 2 atom stereocenters. The molecule has 0 fully saturated rings. The molecule has 1 rings (SSSR count). The zero-order valence-electron chi connectivity index (χ0n) is 11.2. The molecular weight excluding hydrogens is 244 g/mol. The summed E-state index contributed by atoms with van der Waals surface area (Å²) >= 11 is 1.81. The van der Waals surface area contributed by atoms with Gasteiger partial charge in [0.2, 0.25) is 5.91 Å². The van der Waals surface area contributed by atoms with E-state index < -0.39 is 0 Å². The number of nitrogens with two attached hydrogens (primary N) is 1. The van der Waals surface area contributed by atoms with Crippen LogP contribution in [-0.2, 0) is 4.79 Å². The standard InChI is InChI=1S/C14H22N2OS/c1-10(2)11(3)18-9-13(14(17)16-15)12-7-5-4-6-8-12/h4-8,10-11,13H,9,15H2,1-3H3,(H,16,17). The van der Waals surface area contributed by atoms with E-state index in [2.05, 4.69) is 26.2 Å². The molecule has 1 aromatic rings. The summed E-state index contributed by atoms with van der Waals surface area (Å²) in [5, 5.41) is 0.529. The van der Waals surface area contributed by atoms with Crippen LogP contribution in [0.25, 0.3) is 0 Å². The first-order valence-corrected chi connectivity index (χ1v) is 7.28. The molecule has 3 nitrogen and oxygen atoms in total. The fourth-order valence-electron chi connectivity index (χ4n) is 1.55. The lowest BCUT2D eigenvalue weighted by Crippen LogP contribution is -2.36. The molecule has 0 aliphatic heterocycles. The van der Waals surface area contributed by atoms with E-state index in [9.17, 15) is 4.79 Å². The van der Waals surface area contributed by atoms with Crippen molar-refractivity contribution in [2.75, 3.05) is 5.75 Å². The molecule has 0 aromatic heterocycles. The summed E-state index contributed by atoms with van der Waals surface area (Å²) in [6.45, 7) is 6.58. The summed E-state index contributed by atoms with van der Waals surface area (Å²) in [7, 11) is 0. The fourth-order valence-corrected chi connectivity index (χ4v) is 2.77. The maximum atomic E-state index is 11.8. The number of nitrogens with one attached hydrogen (secondary N) is 1. The van der Waals surface area contributed by atoms with Gasteiger partial charge >= 0.3 is 0 Å². The highest BCUT2D eigenvalue weighted by molar-refractivity contribution is 7.99. The number of thioether (sulfide) groups is 1. The normalized spacial score (nSPS) is 14.3. The quantitative estimate of drug-likeness (QED) is 0.472. The van der Waals surface area contributed by atoms with Gasteiger partial charge in [0, 0.05) is 11.0 Å². The number of benzene rings is 1. The van der Waals surface area contributed by atoms with Gasteiger partial charge in [0.15, 0.2) is 0 Å². The van der Waals surface area contributed by atoms with Crippen molar-refractivity contribution in [2.24, 2.45) is 11.8 Å². The number of rotatable bonds is 6. The summed E-state index contributed by atoms with van der Waals surface area (Å²) in [5.41, 5.74) is 3.28. The van der Waals surface area contributed by atoms with E-state index in [4.69, 9.17) is 5.84 Å². The molecule has 4 heteroatoms. The second-order valence-corrected chi connectivity index (χ2v) is 6.16. The van der Waals surface area contributed by atoms with Crippen molar-refractivity contribution in [2.45, 2.75) is 31.9 Å². The first-order chi connectivity index (χ1) is 8.56. The molecule has 0 aliphatic rings. The fraction of sp³-hybridized carbons (Fsp3) is 0.500. The minimum absolute atomic E-state index is 0.121. The van der Waals surface area contributed by atoms with Gasteiger partial charge in [-0.05, 0) is 11.5 Å². The van der Waals surface area contributed by atoms with Crippen LogP contribution in [0.3, 0.4) is 0 Å². The van der Waals surface area contributed by atoms with Gasteiger partial charge in [0.25, 0.3) is 0 Å². The van der Waals surface area contributed by atoms with E-state index in [0.29, 0.717) is 11.2 Å². The van der Waals surface area contributed by atoms with Gasteiger partial charge in [-0.2, -0.15) is 11.8 Å². The minimum Gasteiger partial charge on any atom is -0.294 e. The number of hydrogen-bond acceptors (Lipinski definition) is 3. The van der Waals surface area contributed by atoms with Gasteiger partial charge in [-0.25, -0.2) is 5.84 Å². The SMILES string of the molecule is CC(C)C(C)SCC(C(=O)NN)c1ccccc1. The summed E-state index contributed by atoms with van der Waals surface area (Å²) in [6.07, 6.45) is 0. The Labute approximate surface area is 113 Å². The molecule has 0 bridgehead atoms. The smallest absolute Gasteiger partial charge is 0.242 e.